The first-order chi connectivity index (χ1) is 9.58. The first-order valence-corrected chi connectivity index (χ1v) is 7.02. The van der Waals surface area contributed by atoms with Crippen molar-refractivity contribution in [3.63, 3.8) is 0 Å². The zero-order valence-electron chi connectivity index (χ0n) is 12.1. The number of nitrogens with zero attached hydrogens (tertiary/aromatic N) is 3. The van der Waals surface area contributed by atoms with Gasteiger partial charge in [0.25, 0.3) is 0 Å². The van der Waals surface area contributed by atoms with Crippen molar-refractivity contribution in [3.8, 4) is 0 Å². The summed E-state index contributed by atoms with van der Waals surface area (Å²) in [7, 11) is 3.92. The number of thiocarbonyl (C=S) groups is 1. The van der Waals surface area contributed by atoms with E-state index in [2.05, 4.69) is 29.5 Å². The van der Waals surface area contributed by atoms with Crippen LogP contribution in [0.15, 0.2) is 42.6 Å². The van der Waals surface area contributed by atoms with Crippen LogP contribution in [-0.2, 0) is 13.6 Å². The molecule has 0 aliphatic heterocycles. The Bertz CT molecular complexity index is 564. The Morgan fingerprint density at radius 2 is 2.05 bits per heavy atom. The van der Waals surface area contributed by atoms with E-state index in [4.69, 9.17) is 12.2 Å². The molecule has 5 heteroatoms. The molecule has 0 saturated heterocycles. The molecule has 1 heterocycles. The molecule has 0 fully saturated rings. The summed E-state index contributed by atoms with van der Waals surface area (Å²) in [6, 6.07) is 12.5. The van der Waals surface area contributed by atoms with Crippen LogP contribution in [-0.4, -0.2) is 26.8 Å². The maximum atomic E-state index is 5.45. The van der Waals surface area contributed by atoms with E-state index < -0.39 is 0 Å². The molecule has 1 atom stereocenters. The average Bonchev–Trinajstić information content (AvgIpc) is 2.85. The van der Waals surface area contributed by atoms with E-state index >= 15 is 0 Å². The van der Waals surface area contributed by atoms with Gasteiger partial charge in [0.15, 0.2) is 5.11 Å². The molecular weight excluding hydrogens is 268 g/mol. The van der Waals surface area contributed by atoms with Crippen LogP contribution in [0.25, 0.3) is 0 Å². The van der Waals surface area contributed by atoms with Crippen molar-refractivity contribution in [2.24, 2.45) is 7.05 Å². The third-order valence-corrected chi connectivity index (χ3v) is 3.74. The van der Waals surface area contributed by atoms with E-state index in [0.29, 0.717) is 0 Å². The molecule has 20 heavy (non-hydrogen) atoms. The molecule has 0 spiro atoms. The van der Waals surface area contributed by atoms with E-state index in [1.54, 1.807) is 6.20 Å². The first kappa shape index (κ1) is 14.5. The molecule has 1 N–H and O–H groups in total. The Kier molecular flexibility index (Phi) is 4.74. The van der Waals surface area contributed by atoms with Crippen molar-refractivity contribution < 1.29 is 0 Å². The minimum absolute atomic E-state index is 0.192. The summed E-state index contributed by atoms with van der Waals surface area (Å²) < 4.78 is 1.86. The second-order valence-corrected chi connectivity index (χ2v) is 5.27. The number of benzene rings is 1. The van der Waals surface area contributed by atoms with Gasteiger partial charge in [0, 0.05) is 20.3 Å². The molecule has 0 aliphatic carbocycles. The normalized spacial score (nSPS) is 11.9. The molecular formula is C15H20N4S. The minimum atomic E-state index is 0.192. The van der Waals surface area contributed by atoms with Crippen LogP contribution in [0.1, 0.15) is 24.2 Å². The van der Waals surface area contributed by atoms with Gasteiger partial charge in [-0.15, -0.1) is 0 Å². The standard InChI is InChI=1S/C15H20N4S/c1-12(13-7-5-4-6-8-13)17-15(20)18(2)11-14-9-10-16-19(14)3/h4-10,12H,11H2,1-3H3,(H,17,20). The molecule has 2 aromatic rings. The summed E-state index contributed by atoms with van der Waals surface area (Å²) in [5.41, 5.74) is 2.35. The van der Waals surface area contributed by atoms with Crippen molar-refractivity contribution >= 4 is 17.3 Å². The SMILES string of the molecule is CC(NC(=S)N(C)Cc1ccnn1C)c1ccccc1. The van der Waals surface area contributed by atoms with Gasteiger partial charge >= 0.3 is 0 Å². The molecule has 4 nitrogen and oxygen atoms in total. The first-order valence-electron chi connectivity index (χ1n) is 6.61. The van der Waals surface area contributed by atoms with Gasteiger partial charge in [0.1, 0.15) is 0 Å². The van der Waals surface area contributed by atoms with Gasteiger partial charge < -0.3 is 10.2 Å². The van der Waals surface area contributed by atoms with E-state index in [0.717, 1.165) is 17.4 Å². The molecule has 1 aromatic heterocycles. The highest BCUT2D eigenvalue weighted by atomic mass is 32.1. The lowest BCUT2D eigenvalue weighted by atomic mass is 10.1. The Balaban J connectivity index is 1.93. The zero-order valence-corrected chi connectivity index (χ0v) is 12.9. The van der Waals surface area contributed by atoms with Crippen molar-refractivity contribution in [1.29, 1.82) is 0 Å². The molecule has 0 aliphatic rings. The van der Waals surface area contributed by atoms with Crippen molar-refractivity contribution in [3.05, 3.63) is 53.9 Å². The van der Waals surface area contributed by atoms with E-state index in [9.17, 15) is 0 Å². The molecule has 1 aromatic carbocycles. The zero-order chi connectivity index (χ0) is 14.5. The molecule has 0 saturated carbocycles. The Morgan fingerprint density at radius 1 is 1.35 bits per heavy atom. The van der Waals surface area contributed by atoms with E-state index in [1.165, 1.54) is 5.56 Å². The van der Waals surface area contributed by atoms with Crippen LogP contribution in [0.3, 0.4) is 0 Å². The molecule has 1 unspecified atom stereocenters. The number of aromatic nitrogens is 2. The Morgan fingerprint density at radius 3 is 2.65 bits per heavy atom. The highest BCUT2D eigenvalue weighted by molar-refractivity contribution is 7.80. The summed E-state index contributed by atoms with van der Waals surface area (Å²) >= 11 is 5.45. The number of nitrogens with one attached hydrogen (secondary N) is 1. The van der Waals surface area contributed by atoms with Crippen molar-refractivity contribution in [1.82, 2.24) is 20.0 Å². The van der Waals surface area contributed by atoms with Gasteiger partial charge in [-0.3, -0.25) is 4.68 Å². The molecule has 0 bridgehead atoms. The Labute approximate surface area is 125 Å². The smallest absolute Gasteiger partial charge is 0.169 e. The number of hydrogen-bond donors (Lipinski definition) is 1. The van der Waals surface area contributed by atoms with E-state index in [1.807, 2.05) is 47.9 Å². The van der Waals surface area contributed by atoms with Crippen LogP contribution in [0, 0.1) is 0 Å². The molecule has 0 radical (unpaired) electrons. The fourth-order valence-corrected chi connectivity index (χ4v) is 2.23. The fraction of sp³-hybridized carbons (Fsp3) is 0.333. The molecule has 0 amide bonds. The third-order valence-electron chi connectivity index (χ3n) is 3.31. The quantitative estimate of drug-likeness (QED) is 0.876. The van der Waals surface area contributed by atoms with Gasteiger partial charge in [0.05, 0.1) is 18.3 Å². The molecule has 2 rings (SSSR count). The number of hydrogen-bond acceptors (Lipinski definition) is 2. The fourth-order valence-electron chi connectivity index (χ4n) is 1.99. The monoisotopic (exact) mass is 288 g/mol. The summed E-state index contributed by atoms with van der Waals surface area (Å²) in [6.07, 6.45) is 1.80. The van der Waals surface area contributed by atoms with Gasteiger partial charge in [0.2, 0.25) is 0 Å². The van der Waals surface area contributed by atoms with Crippen molar-refractivity contribution in [2.75, 3.05) is 7.05 Å². The summed E-state index contributed by atoms with van der Waals surface area (Å²) in [5, 5.41) is 8.26. The maximum Gasteiger partial charge on any atom is 0.169 e. The van der Waals surface area contributed by atoms with Crippen LogP contribution < -0.4 is 5.32 Å². The topological polar surface area (TPSA) is 33.1 Å². The van der Waals surface area contributed by atoms with Gasteiger partial charge in [-0.05, 0) is 30.8 Å². The highest BCUT2D eigenvalue weighted by Crippen LogP contribution is 2.12. The highest BCUT2D eigenvalue weighted by Gasteiger charge is 2.11. The lowest BCUT2D eigenvalue weighted by Gasteiger charge is -2.24. The van der Waals surface area contributed by atoms with Gasteiger partial charge in [-0.2, -0.15) is 5.10 Å². The average molecular weight is 288 g/mol. The number of rotatable bonds is 4. The van der Waals surface area contributed by atoms with E-state index in [-0.39, 0.29) is 6.04 Å². The van der Waals surface area contributed by atoms with Gasteiger partial charge in [-0.25, -0.2) is 0 Å². The Hall–Kier alpha value is -1.88. The second kappa shape index (κ2) is 6.52. The summed E-state index contributed by atoms with van der Waals surface area (Å²) in [4.78, 5) is 2.02. The van der Waals surface area contributed by atoms with Crippen LogP contribution in [0.4, 0.5) is 0 Å². The van der Waals surface area contributed by atoms with Gasteiger partial charge in [-0.1, -0.05) is 30.3 Å². The van der Waals surface area contributed by atoms with Crippen molar-refractivity contribution in [2.45, 2.75) is 19.5 Å². The summed E-state index contributed by atoms with van der Waals surface area (Å²) in [6.45, 7) is 2.85. The number of aryl methyl sites for hydroxylation is 1. The lowest BCUT2D eigenvalue weighted by molar-refractivity contribution is 0.458. The summed E-state index contributed by atoms with van der Waals surface area (Å²) in [5.74, 6) is 0. The van der Waals surface area contributed by atoms with Crippen LogP contribution >= 0.6 is 12.2 Å². The molecule has 106 valence electrons. The predicted octanol–water partition coefficient (Wildman–Crippen LogP) is 2.49. The van der Waals surface area contributed by atoms with Crippen LogP contribution in [0.2, 0.25) is 0 Å². The third kappa shape index (κ3) is 3.57. The lowest BCUT2D eigenvalue weighted by Crippen LogP contribution is -2.38. The predicted molar refractivity (Wildman–Crippen MR) is 85.3 cm³/mol. The maximum absolute atomic E-state index is 5.45. The van der Waals surface area contributed by atoms with Crippen LogP contribution in [0.5, 0.6) is 0 Å². The largest absolute Gasteiger partial charge is 0.356 e. The minimum Gasteiger partial charge on any atom is -0.356 e. The second-order valence-electron chi connectivity index (χ2n) is 4.88.